The molecule has 0 radical (unpaired) electrons. The second kappa shape index (κ2) is 8.67. The fraction of sp³-hybridized carbons (Fsp3) is 0.556. The second-order valence-corrected chi connectivity index (χ2v) is 6.30. The van der Waals surface area contributed by atoms with E-state index in [2.05, 4.69) is 5.32 Å². The maximum Gasteiger partial charge on any atom is 0.328 e. The number of carbonyl (C=O) groups is 2. The maximum atomic E-state index is 12.1. The Bertz CT molecular complexity index is 534. The molecule has 0 fully saturated rings. The molecule has 0 heterocycles. The highest BCUT2D eigenvalue weighted by atomic mass is 16.5. The van der Waals surface area contributed by atoms with Crippen molar-refractivity contribution >= 4 is 11.9 Å². The van der Waals surface area contributed by atoms with Gasteiger partial charge in [0.05, 0.1) is 7.11 Å². The zero-order valence-corrected chi connectivity index (χ0v) is 14.6. The number of carbonyl (C=O) groups excluding carboxylic acids is 2. The number of ether oxygens (including phenoxy) is 1. The summed E-state index contributed by atoms with van der Waals surface area (Å²) < 4.78 is 4.79. The Labute approximate surface area is 138 Å². The van der Waals surface area contributed by atoms with Crippen LogP contribution < -0.4 is 5.32 Å². The molecule has 0 spiro atoms. The van der Waals surface area contributed by atoms with E-state index in [9.17, 15) is 14.7 Å². The number of hydrogen-bond acceptors (Lipinski definition) is 4. The third kappa shape index (κ3) is 5.67. The van der Waals surface area contributed by atoms with Gasteiger partial charge in [-0.25, -0.2) is 4.79 Å². The lowest BCUT2D eigenvalue weighted by Gasteiger charge is -2.21. The van der Waals surface area contributed by atoms with E-state index in [1.165, 1.54) is 7.11 Å². The van der Waals surface area contributed by atoms with Crippen LogP contribution in [0.1, 0.15) is 37.0 Å². The van der Waals surface area contributed by atoms with E-state index in [1.807, 2.05) is 45.9 Å². The summed E-state index contributed by atoms with van der Waals surface area (Å²) in [5.41, 5.74) is 3.10. The lowest BCUT2D eigenvalue weighted by atomic mass is 9.96. The second-order valence-electron chi connectivity index (χ2n) is 6.30. The lowest BCUT2D eigenvalue weighted by Crippen LogP contribution is -2.47. The minimum Gasteiger partial charge on any atom is -0.467 e. The van der Waals surface area contributed by atoms with E-state index in [-0.39, 0.29) is 5.92 Å². The quantitative estimate of drug-likeness (QED) is 0.752. The number of benzene rings is 1. The summed E-state index contributed by atoms with van der Waals surface area (Å²) in [6.45, 7) is 7.77. The van der Waals surface area contributed by atoms with Gasteiger partial charge in [0.25, 0.3) is 0 Å². The van der Waals surface area contributed by atoms with Gasteiger partial charge in [0, 0.05) is 6.42 Å². The number of rotatable bonds is 7. The van der Waals surface area contributed by atoms with Gasteiger partial charge in [-0.1, -0.05) is 32.0 Å². The van der Waals surface area contributed by atoms with Crippen LogP contribution in [0.4, 0.5) is 0 Å². The number of nitrogens with one attached hydrogen (secondary N) is 1. The molecule has 1 rings (SSSR count). The summed E-state index contributed by atoms with van der Waals surface area (Å²) in [7, 11) is 1.29. The van der Waals surface area contributed by atoms with Gasteiger partial charge in [-0.2, -0.15) is 0 Å². The molecule has 2 atom stereocenters. The Kier molecular flexibility index (Phi) is 7.23. The Hall–Kier alpha value is -1.88. The van der Waals surface area contributed by atoms with Gasteiger partial charge >= 0.3 is 5.97 Å². The molecule has 2 N–H and O–H groups in total. The maximum absolute atomic E-state index is 12.1. The van der Waals surface area contributed by atoms with Crippen molar-refractivity contribution in [3.63, 3.8) is 0 Å². The molecule has 0 aliphatic rings. The highest BCUT2D eigenvalue weighted by molar-refractivity contribution is 5.87. The van der Waals surface area contributed by atoms with E-state index < -0.39 is 24.0 Å². The largest absolute Gasteiger partial charge is 0.467 e. The van der Waals surface area contributed by atoms with Crippen molar-refractivity contribution in [3.8, 4) is 0 Å². The van der Waals surface area contributed by atoms with Crippen LogP contribution in [0, 0.1) is 19.8 Å². The van der Waals surface area contributed by atoms with Gasteiger partial charge in [-0.3, -0.25) is 4.79 Å². The molecular weight excluding hydrogens is 294 g/mol. The van der Waals surface area contributed by atoms with Crippen LogP contribution in [0.5, 0.6) is 0 Å². The molecule has 5 nitrogen and oxygen atoms in total. The fourth-order valence-electron chi connectivity index (χ4n) is 2.53. The smallest absolute Gasteiger partial charge is 0.328 e. The van der Waals surface area contributed by atoms with Crippen molar-refractivity contribution in [3.05, 3.63) is 34.9 Å². The molecule has 0 aromatic heterocycles. The van der Waals surface area contributed by atoms with Crippen LogP contribution in [0.2, 0.25) is 0 Å². The van der Waals surface area contributed by atoms with Crippen molar-refractivity contribution in [2.24, 2.45) is 5.92 Å². The number of hydrogen-bond donors (Lipinski definition) is 2. The number of aliphatic hydroxyl groups is 1. The third-order valence-electron chi connectivity index (χ3n) is 3.85. The molecule has 0 bridgehead atoms. The summed E-state index contributed by atoms with van der Waals surface area (Å²) in [6, 6.07) is 5.07. The number of amides is 1. The minimum atomic E-state index is -1.12. The third-order valence-corrected chi connectivity index (χ3v) is 3.85. The zero-order valence-electron chi connectivity index (χ0n) is 14.6. The molecule has 5 heteroatoms. The van der Waals surface area contributed by atoms with E-state index in [4.69, 9.17) is 4.74 Å². The first kappa shape index (κ1) is 19.2. The molecule has 1 aromatic rings. The summed E-state index contributed by atoms with van der Waals surface area (Å²) in [4.78, 5) is 24.1. The molecular formula is C18H27NO4. The summed E-state index contributed by atoms with van der Waals surface area (Å²) in [6.07, 6.45) is -0.436. The number of esters is 1. The topological polar surface area (TPSA) is 75.6 Å². The van der Waals surface area contributed by atoms with Crippen LogP contribution in [0.25, 0.3) is 0 Å². The van der Waals surface area contributed by atoms with Crippen molar-refractivity contribution in [2.45, 2.75) is 52.7 Å². The molecule has 23 heavy (non-hydrogen) atoms. The first-order valence-corrected chi connectivity index (χ1v) is 7.87. The van der Waals surface area contributed by atoms with Crippen LogP contribution >= 0.6 is 0 Å². The number of aryl methyl sites for hydroxylation is 2. The highest BCUT2D eigenvalue weighted by Crippen LogP contribution is 2.16. The Balaban J connectivity index is 2.89. The fourth-order valence-corrected chi connectivity index (χ4v) is 2.53. The van der Waals surface area contributed by atoms with E-state index in [0.29, 0.717) is 12.8 Å². The number of methoxy groups -OCH3 is 1. The van der Waals surface area contributed by atoms with Gasteiger partial charge in [-0.15, -0.1) is 0 Å². The van der Waals surface area contributed by atoms with Crippen molar-refractivity contribution in [2.75, 3.05) is 7.11 Å². The average Bonchev–Trinajstić information content (AvgIpc) is 2.48. The first-order valence-electron chi connectivity index (χ1n) is 7.87. The Morgan fingerprint density at radius 3 is 2.26 bits per heavy atom. The van der Waals surface area contributed by atoms with E-state index in [0.717, 1.165) is 16.7 Å². The van der Waals surface area contributed by atoms with E-state index in [1.54, 1.807) is 0 Å². The zero-order chi connectivity index (χ0) is 17.6. The molecule has 1 amide bonds. The molecule has 0 aliphatic heterocycles. The van der Waals surface area contributed by atoms with Crippen LogP contribution in [-0.2, 0) is 20.7 Å². The van der Waals surface area contributed by atoms with Gasteiger partial charge in [0.15, 0.2) is 0 Å². The summed E-state index contributed by atoms with van der Waals surface area (Å²) in [5.74, 6) is -0.871. The predicted octanol–water partition coefficient (Wildman–Crippen LogP) is 1.91. The summed E-state index contributed by atoms with van der Waals surface area (Å²) >= 11 is 0. The predicted molar refractivity (Wildman–Crippen MR) is 89.0 cm³/mol. The lowest BCUT2D eigenvalue weighted by molar-refractivity contribution is -0.146. The highest BCUT2D eigenvalue weighted by Gasteiger charge is 2.26. The van der Waals surface area contributed by atoms with Gasteiger partial charge in [-0.05, 0) is 42.9 Å². The molecule has 0 aliphatic carbocycles. The van der Waals surface area contributed by atoms with Gasteiger partial charge in [0.1, 0.15) is 12.1 Å². The monoisotopic (exact) mass is 321 g/mol. The number of aliphatic hydroxyl groups excluding tert-OH is 1. The molecule has 0 unspecified atom stereocenters. The van der Waals surface area contributed by atoms with Crippen LogP contribution in [0.3, 0.4) is 0 Å². The van der Waals surface area contributed by atoms with Crippen LogP contribution in [0.15, 0.2) is 18.2 Å². The van der Waals surface area contributed by atoms with Crippen molar-refractivity contribution in [1.29, 1.82) is 0 Å². The van der Waals surface area contributed by atoms with E-state index >= 15 is 0 Å². The molecule has 128 valence electrons. The molecule has 1 aromatic carbocycles. The van der Waals surface area contributed by atoms with Gasteiger partial charge < -0.3 is 15.2 Å². The molecule has 0 saturated carbocycles. The minimum absolute atomic E-state index is 0.186. The first-order chi connectivity index (χ1) is 10.8. The average molecular weight is 321 g/mol. The summed E-state index contributed by atoms with van der Waals surface area (Å²) in [5, 5.41) is 12.5. The van der Waals surface area contributed by atoms with Crippen LogP contribution in [-0.4, -0.2) is 36.2 Å². The standard InChI is InChI=1S/C18H27NO4/c1-11(2)9-16(20)17(21)19-15(18(22)23-5)10-14-12(3)7-6-8-13(14)4/h6-8,11,15-16,20H,9-10H2,1-5H3,(H,19,21)/t15-,16+/m0/s1. The molecule has 0 saturated heterocycles. The Morgan fingerprint density at radius 2 is 1.78 bits per heavy atom. The van der Waals surface area contributed by atoms with Crippen molar-refractivity contribution in [1.82, 2.24) is 5.32 Å². The van der Waals surface area contributed by atoms with Crippen molar-refractivity contribution < 1.29 is 19.4 Å². The normalized spacial score (nSPS) is 13.5. The Morgan fingerprint density at radius 1 is 1.22 bits per heavy atom. The SMILES string of the molecule is COC(=O)[C@H](Cc1c(C)cccc1C)NC(=O)[C@H](O)CC(C)C. The van der Waals surface area contributed by atoms with Gasteiger partial charge in [0.2, 0.25) is 5.91 Å².